The summed E-state index contributed by atoms with van der Waals surface area (Å²) in [5.74, 6) is -3.19. The summed E-state index contributed by atoms with van der Waals surface area (Å²) in [6.45, 7) is 5.62. The van der Waals surface area contributed by atoms with Gasteiger partial charge < -0.3 is 39.0 Å². The van der Waals surface area contributed by atoms with Crippen molar-refractivity contribution in [2.45, 2.75) is 263 Å². The zero-order chi connectivity index (χ0) is 56.1. The average Bonchev–Trinajstić information content (AvgIpc) is 3.43. The van der Waals surface area contributed by atoms with E-state index >= 15 is 0 Å². The van der Waals surface area contributed by atoms with Crippen molar-refractivity contribution < 1.29 is 58.2 Å². The fourth-order valence-electron chi connectivity index (χ4n) is 8.35. The maximum Gasteiger partial charge on any atom is 0.335 e. The van der Waals surface area contributed by atoms with Crippen molar-refractivity contribution in [1.29, 1.82) is 0 Å². The van der Waals surface area contributed by atoms with Crippen LogP contribution in [0, 0.1) is 0 Å². The normalized spacial score (nSPS) is 18.8. The molecular weight excluding hydrogens is 973 g/mol. The smallest absolute Gasteiger partial charge is 0.335 e. The minimum absolute atomic E-state index is 0.0400. The highest BCUT2D eigenvalue weighted by Crippen LogP contribution is 2.26. The van der Waals surface area contributed by atoms with E-state index in [9.17, 15) is 34.5 Å². The number of hydrogen-bond acceptors (Lipinski definition) is 11. The van der Waals surface area contributed by atoms with Crippen LogP contribution >= 0.6 is 0 Å². The lowest BCUT2D eigenvalue weighted by molar-refractivity contribution is -0.301. The molecule has 1 aliphatic heterocycles. The van der Waals surface area contributed by atoms with Crippen LogP contribution in [0.4, 0.5) is 0 Å². The molecule has 0 aromatic carbocycles. The first-order chi connectivity index (χ1) is 37.6. The lowest BCUT2D eigenvalue weighted by atomic mass is 9.98. The molecule has 1 rings (SSSR count). The summed E-state index contributed by atoms with van der Waals surface area (Å²) < 4.78 is 28.4. The van der Waals surface area contributed by atoms with Crippen LogP contribution < -0.4 is 0 Å². The molecule has 1 saturated heterocycles. The monoisotopic (exact) mass is 1080 g/mol. The third-order valence-electron chi connectivity index (χ3n) is 12.8. The van der Waals surface area contributed by atoms with Gasteiger partial charge in [0.2, 0.25) is 0 Å². The van der Waals surface area contributed by atoms with Gasteiger partial charge in [-0.15, -0.1) is 0 Å². The summed E-state index contributed by atoms with van der Waals surface area (Å²) in [5, 5.41) is 31.5. The minimum Gasteiger partial charge on any atom is -0.479 e. The molecule has 0 saturated carbocycles. The van der Waals surface area contributed by atoms with E-state index in [1.165, 1.54) is 0 Å². The Bertz CT molecular complexity index is 1750. The highest BCUT2D eigenvalue weighted by atomic mass is 16.7. The molecule has 0 aromatic rings. The summed E-state index contributed by atoms with van der Waals surface area (Å²) in [5.41, 5.74) is 0. The summed E-state index contributed by atoms with van der Waals surface area (Å²) >= 11 is 0. The predicted molar refractivity (Wildman–Crippen MR) is 312 cm³/mol. The number of rotatable bonds is 49. The number of aliphatic hydroxyl groups excluding tert-OH is 2. The van der Waals surface area contributed by atoms with Crippen molar-refractivity contribution in [3.8, 4) is 0 Å². The van der Waals surface area contributed by atoms with Crippen LogP contribution in [0.3, 0.4) is 0 Å². The molecule has 0 radical (unpaired) electrons. The van der Waals surface area contributed by atoms with Crippen LogP contribution in [0.15, 0.2) is 109 Å². The number of unbranched alkanes of at least 4 members (excludes halogenated alkanes) is 17. The van der Waals surface area contributed by atoms with Crippen molar-refractivity contribution in [2.24, 2.45) is 0 Å². The Labute approximate surface area is 465 Å². The summed E-state index contributed by atoms with van der Waals surface area (Å²) in [4.78, 5) is 51.2. The molecular formula is C65H104O12. The standard InChI is InChI=1S/C65H104O12/c1-4-7-10-13-16-19-22-25-28-29-32-35-38-41-44-47-50-53-59(68)76-63-61(70)60(69)62(64(71)72)77-65(63)74-55-56(75-58(67)52-49-46-43-40-37-34-31-27-24-21-18-15-12-9-6-3)54-73-57(66)51-48-45-42-39-36-33-30-26-23-20-17-14-11-8-5-2/h7-12,16-21,25-28,30-31,56,60-63,65,69-70H,4-6,13-15,22-24,29,32-55H2,1-3H3,(H,71,72)/b10-7-,11-8-,12-9-,19-16-,20-17-,21-18-,28-25-,30-26-,31-27-. The van der Waals surface area contributed by atoms with Gasteiger partial charge in [0.1, 0.15) is 18.8 Å². The van der Waals surface area contributed by atoms with Crippen LogP contribution in [0.1, 0.15) is 226 Å². The lowest BCUT2D eigenvalue weighted by Gasteiger charge is -2.40. The van der Waals surface area contributed by atoms with E-state index in [1.54, 1.807) is 0 Å². The first-order valence-corrected chi connectivity index (χ1v) is 29.9. The van der Waals surface area contributed by atoms with Crippen LogP contribution in [0.25, 0.3) is 0 Å². The Morgan fingerprint density at radius 1 is 0.429 bits per heavy atom. The number of allylic oxidation sites excluding steroid dienone is 18. The molecule has 3 N–H and O–H groups in total. The molecule has 0 spiro atoms. The SMILES string of the molecule is CC/C=C\C/C=C\C/C=C\CCCCCCCCCC(=O)OC1C(OCC(COC(=O)CCCCCCC/C=C\C/C=C\C/C=C\CC)OC(=O)CCCCCCC/C=C\C/C=C\C/C=C\CC)OC(C(=O)O)C(O)C1O. The number of carboxylic acid groups (broad SMARTS) is 1. The summed E-state index contributed by atoms with van der Waals surface area (Å²) in [7, 11) is 0. The van der Waals surface area contributed by atoms with Crippen LogP contribution in [-0.2, 0) is 42.9 Å². The Morgan fingerprint density at radius 3 is 1.18 bits per heavy atom. The van der Waals surface area contributed by atoms with Crippen LogP contribution in [-0.4, -0.2) is 89.2 Å². The van der Waals surface area contributed by atoms with E-state index in [0.717, 1.165) is 167 Å². The van der Waals surface area contributed by atoms with Crippen molar-refractivity contribution in [3.05, 3.63) is 109 Å². The topological polar surface area (TPSA) is 175 Å². The predicted octanol–water partition coefficient (Wildman–Crippen LogP) is 15.4. The lowest BCUT2D eigenvalue weighted by Crippen LogP contribution is -2.61. The molecule has 0 aliphatic carbocycles. The second kappa shape index (κ2) is 52.1. The Balaban J connectivity index is 2.72. The van der Waals surface area contributed by atoms with Gasteiger partial charge in [-0.1, -0.05) is 201 Å². The molecule has 0 aromatic heterocycles. The van der Waals surface area contributed by atoms with E-state index in [2.05, 4.69) is 130 Å². The van der Waals surface area contributed by atoms with Gasteiger partial charge in [0, 0.05) is 19.3 Å². The van der Waals surface area contributed by atoms with Gasteiger partial charge in [-0.3, -0.25) is 14.4 Å². The molecule has 1 heterocycles. The quantitative estimate of drug-likeness (QED) is 0.0228. The molecule has 6 atom stereocenters. The van der Waals surface area contributed by atoms with Crippen molar-refractivity contribution in [3.63, 3.8) is 0 Å². The van der Waals surface area contributed by atoms with E-state index in [0.29, 0.717) is 19.3 Å². The maximum atomic E-state index is 13.2. The number of aliphatic carboxylic acids is 1. The van der Waals surface area contributed by atoms with Crippen LogP contribution in [0.5, 0.6) is 0 Å². The van der Waals surface area contributed by atoms with Crippen molar-refractivity contribution in [2.75, 3.05) is 13.2 Å². The third-order valence-corrected chi connectivity index (χ3v) is 12.8. The number of carbonyl (C=O) groups is 4. The molecule has 0 bridgehead atoms. The second-order valence-corrected chi connectivity index (χ2v) is 19.8. The largest absolute Gasteiger partial charge is 0.479 e. The molecule has 436 valence electrons. The minimum atomic E-state index is -1.92. The highest BCUT2D eigenvalue weighted by Gasteiger charge is 2.50. The van der Waals surface area contributed by atoms with E-state index in [1.807, 2.05) is 0 Å². The number of carbonyl (C=O) groups excluding carboxylic acids is 3. The molecule has 77 heavy (non-hydrogen) atoms. The highest BCUT2D eigenvalue weighted by molar-refractivity contribution is 5.74. The molecule has 0 amide bonds. The fraction of sp³-hybridized carbons (Fsp3) is 0.662. The molecule has 1 aliphatic rings. The van der Waals surface area contributed by atoms with E-state index in [-0.39, 0.29) is 25.9 Å². The average molecular weight is 1080 g/mol. The fourth-order valence-corrected chi connectivity index (χ4v) is 8.35. The van der Waals surface area contributed by atoms with Gasteiger partial charge in [-0.25, -0.2) is 4.79 Å². The summed E-state index contributed by atoms with van der Waals surface area (Å²) in [6.07, 6.45) is 57.6. The molecule has 12 heteroatoms. The van der Waals surface area contributed by atoms with Crippen molar-refractivity contribution in [1.82, 2.24) is 0 Å². The van der Waals surface area contributed by atoms with E-state index < -0.39 is 67.3 Å². The molecule has 6 unspecified atom stereocenters. The van der Waals surface area contributed by atoms with Gasteiger partial charge >= 0.3 is 23.9 Å². The summed E-state index contributed by atoms with van der Waals surface area (Å²) in [6, 6.07) is 0. The van der Waals surface area contributed by atoms with Crippen LogP contribution in [0.2, 0.25) is 0 Å². The van der Waals surface area contributed by atoms with Gasteiger partial charge in [-0.2, -0.15) is 0 Å². The number of ether oxygens (including phenoxy) is 5. The van der Waals surface area contributed by atoms with Gasteiger partial charge in [-0.05, 0) is 116 Å². The van der Waals surface area contributed by atoms with Gasteiger partial charge in [0.25, 0.3) is 0 Å². The number of carboxylic acids is 1. The first kappa shape index (κ1) is 70.4. The third kappa shape index (κ3) is 42.1. The zero-order valence-corrected chi connectivity index (χ0v) is 47.9. The molecule has 1 fully saturated rings. The second-order valence-electron chi connectivity index (χ2n) is 19.8. The first-order valence-electron chi connectivity index (χ1n) is 29.9. The van der Waals surface area contributed by atoms with Crippen molar-refractivity contribution >= 4 is 23.9 Å². The Morgan fingerprint density at radius 2 is 0.779 bits per heavy atom. The van der Waals surface area contributed by atoms with Gasteiger partial charge in [0.15, 0.2) is 24.6 Å². The van der Waals surface area contributed by atoms with E-state index in [4.69, 9.17) is 23.7 Å². The number of esters is 3. The number of aliphatic hydroxyl groups is 2. The Hall–Kier alpha value is -4.62. The maximum absolute atomic E-state index is 13.2. The molecule has 12 nitrogen and oxygen atoms in total. The van der Waals surface area contributed by atoms with Gasteiger partial charge in [0.05, 0.1) is 6.61 Å². The number of hydrogen-bond donors (Lipinski definition) is 3. The Kier molecular flexibility index (Phi) is 47.6. The zero-order valence-electron chi connectivity index (χ0n) is 47.9.